The third-order valence-corrected chi connectivity index (χ3v) is 4.15. The number of nitrogens with zero attached hydrogens (tertiary/aromatic N) is 2. The van der Waals surface area contributed by atoms with Crippen LogP contribution in [0.2, 0.25) is 0 Å². The average molecular weight is 291 g/mol. The number of hydrogen-bond donors (Lipinski definition) is 1. The molecule has 108 valence electrons. The van der Waals surface area contributed by atoms with Gasteiger partial charge in [0.25, 0.3) is 0 Å². The maximum absolute atomic E-state index is 5.18. The van der Waals surface area contributed by atoms with Gasteiger partial charge in [0, 0.05) is 24.2 Å². The first-order valence-corrected chi connectivity index (χ1v) is 7.60. The van der Waals surface area contributed by atoms with E-state index in [4.69, 9.17) is 9.72 Å². The molecule has 0 fully saturated rings. The van der Waals surface area contributed by atoms with Crippen LogP contribution in [0, 0.1) is 0 Å². The Bertz CT molecular complexity index is 538. The van der Waals surface area contributed by atoms with Crippen LogP contribution in [0.3, 0.4) is 0 Å². The van der Waals surface area contributed by atoms with Crippen molar-refractivity contribution >= 4 is 22.2 Å². The number of ether oxygens (including phenoxy) is 1. The lowest BCUT2D eigenvalue weighted by molar-refractivity contribution is 0.415. The van der Waals surface area contributed by atoms with E-state index in [1.54, 1.807) is 18.4 Å². The zero-order valence-corrected chi connectivity index (χ0v) is 13.2. The highest BCUT2D eigenvalue weighted by atomic mass is 32.1. The van der Waals surface area contributed by atoms with E-state index in [1.807, 2.05) is 31.3 Å². The van der Waals surface area contributed by atoms with E-state index in [0.717, 1.165) is 28.8 Å². The largest absolute Gasteiger partial charge is 0.497 e. The molecular weight excluding hydrogens is 270 g/mol. The summed E-state index contributed by atoms with van der Waals surface area (Å²) in [6, 6.07) is 8.28. The highest BCUT2D eigenvalue weighted by Gasteiger charge is 2.12. The minimum atomic E-state index is 0.286. The summed E-state index contributed by atoms with van der Waals surface area (Å²) < 4.78 is 5.18. The smallest absolute Gasteiger partial charge is 0.189 e. The zero-order chi connectivity index (χ0) is 14.5. The summed E-state index contributed by atoms with van der Waals surface area (Å²) in [6.07, 6.45) is 0. The third-order valence-electron chi connectivity index (χ3n) is 3.21. The summed E-state index contributed by atoms with van der Waals surface area (Å²) >= 11 is 1.66. The van der Waals surface area contributed by atoms with E-state index < -0.39 is 0 Å². The van der Waals surface area contributed by atoms with Gasteiger partial charge in [-0.05, 0) is 37.7 Å². The molecular formula is C15H21N3OS. The van der Waals surface area contributed by atoms with Gasteiger partial charge in [0.15, 0.2) is 5.13 Å². The van der Waals surface area contributed by atoms with Gasteiger partial charge in [-0.2, -0.15) is 0 Å². The molecule has 0 saturated carbocycles. The summed E-state index contributed by atoms with van der Waals surface area (Å²) in [5.41, 5.74) is 2.19. The van der Waals surface area contributed by atoms with Gasteiger partial charge in [0.2, 0.25) is 0 Å². The quantitative estimate of drug-likeness (QED) is 0.882. The fourth-order valence-corrected chi connectivity index (χ4v) is 2.86. The predicted molar refractivity (Wildman–Crippen MR) is 85.3 cm³/mol. The van der Waals surface area contributed by atoms with Crippen LogP contribution >= 0.6 is 11.3 Å². The molecule has 1 heterocycles. The Balaban J connectivity index is 2.13. The minimum Gasteiger partial charge on any atom is -0.497 e. The Kier molecular flexibility index (Phi) is 4.98. The summed E-state index contributed by atoms with van der Waals surface area (Å²) in [4.78, 5) is 6.79. The molecule has 0 aliphatic carbocycles. The Morgan fingerprint density at radius 3 is 2.65 bits per heavy atom. The Morgan fingerprint density at radius 1 is 1.35 bits per heavy atom. The average Bonchev–Trinajstić information content (AvgIpc) is 2.97. The van der Waals surface area contributed by atoms with Gasteiger partial charge in [-0.1, -0.05) is 6.92 Å². The molecule has 0 aliphatic heterocycles. The maximum atomic E-state index is 5.18. The highest BCUT2D eigenvalue weighted by Crippen LogP contribution is 2.29. The predicted octanol–water partition coefficient (Wildman–Crippen LogP) is 3.59. The minimum absolute atomic E-state index is 0.286. The van der Waals surface area contributed by atoms with E-state index in [2.05, 4.69) is 29.4 Å². The molecule has 1 aromatic heterocycles. The first-order chi connectivity index (χ1) is 9.65. The van der Waals surface area contributed by atoms with Gasteiger partial charge in [-0.3, -0.25) is 0 Å². The number of anilines is 2. The van der Waals surface area contributed by atoms with Crippen LogP contribution in [0.25, 0.3) is 0 Å². The van der Waals surface area contributed by atoms with Gasteiger partial charge in [-0.15, -0.1) is 11.3 Å². The number of methoxy groups -OCH3 is 1. The van der Waals surface area contributed by atoms with E-state index in [9.17, 15) is 0 Å². The van der Waals surface area contributed by atoms with E-state index >= 15 is 0 Å². The number of rotatable bonds is 6. The van der Waals surface area contributed by atoms with Crippen molar-refractivity contribution in [2.75, 3.05) is 25.6 Å². The summed E-state index contributed by atoms with van der Waals surface area (Å²) in [6.45, 7) is 5.19. The van der Waals surface area contributed by atoms with Gasteiger partial charge in [-0.25, -0.2) is 4.98 Å². The molecule has 0 bridgehead atoms. The molecule has 1 atom stereocenters. The van der Waals surface area contributed by atoms with Crippen LogP contribution in [-0.2, 0) is 0 Å². The van der Waals surface area contributed by atoms with Gasteiger partial charge < -0.3 is 15.0 Å². The molecule has 1 aromatic carbocycles. The number of thiazole rings is 1. The van der Waals surface area contributed by atoms with Gasteiger partial charge >= 0.3 is 0 Å². The molecule has 0 radical (unpaired) electrons. The maximum Gasteiger partial charge on any atom is 0.189 e. The molecule has 0 saturated heterocycles. The van der Waals surface area contributed by atoms with Crippen molar-refractivity contribution < 1.29 is 4.74 Å². The van der Waals surface area contributed by atoms with Gasteiger partial charge in [0.05, 0.1) is 12.8 Å². The zero-order valence-electron chi connectivity index (χ0n) is 12.4. The van der Waals surface area contributed by atoms with Crippen molar-refractivity contribution in [2.24, 2.45) is 0 Å². The molecule has 0 spiro atoms. The lowest BCUT2D eigenvalue weighted by atomic mass is 10.2. The number of aromatic nitrogens is 1. The molecule has 2 rings (SSSR count). The lowest BCUT2D eigenvalue weighted by Gasteiger charge is -2.16. The number of benzene rings is 1. The van der Waals surface area contributed by atoms with Crippen LogP contribution in [0.5, 0.6) is 5.75 Å². The van der Waals surface area contributed by atoms with Crippen LogP contribution in [-0.4, -0.2) is 25.7 Å². The van der Waals surface area contributed by atoms with Crippen LogP contribution in [0.4, 0.5) is 10.8 Å². The second-order valence-corrected chi connectivity index (χ2v) is 5.43. The van der Waals surface area contributed by atoms with E-state index in [0.29, 0.717) is 0 Å². The number of hydrogen-bond acceptors (Lipinski definition) is 5. The van der Waals surface area contributed by atoms with Crippen LogP contribution < -0.4 is 15.0 Å². The summed E-state index contributed by atoms with van der Waals surface area (Å²) in [5.74, 6) is 0.864. The SMILES string of the molecule is CCNC(C)c1csc(N(C)c2ccc(OC)cc2)n1. The van der Waals surface area contributed by atoms with Crippen molar-refractivity contribution in [1.29, 1.82) is 0 Å². The second-order valence-electron chi connectivity index (χ2n) is 4.59. The third kappa shape index (κ3) is 3.29. The van der Waals surface area contributed by atoms with E-state index in [1.165, 1.54) is 0 Å². The fraction of sp³-hybridized carbons (Fsp3) is 0.400. The fourth-order valence-electron chi connectivity index (χ4n) is 1.96. The van der Waals surface area contributed by atoms with Crippen molar-refractivity contribution in [1.82, 2.24) is 10.3 Å². The van der Waals surface area contributed by atoms with Crippen LogP contribution in [0.15, 0.2) is 29.6 Å². The monoisotopic (exact) mass is 291 g/mol. The molecule has 1 N–H and O–H groups in total. The Morgan fingerprint density at radius 2 is 2.05 bits per heavy atom. The summed E-state index contributed by atoms with van der Waals surface area (Å²) in [7, 11) is 3.70. The van der Waals surface area contributed by atoms with Crippen molar-refractivity contribution in [2.45, 2.75) is 19.9 Å². The normalized spacial score (nSPS) is 12.2. The second kappa shape index (κ2) is 6.72. The Labute approximate surface area is 124 Å². The van der Waals surface area contributed by atoms with Crippen molar-refractivity contribution in [3.05, 3.63) is 35.3 Å². The molecule has 0 aliphatic rings. The first-order valence-electron chi connectivity index (χ1n) is 6.72. The van der Waals surface area contributed by atoms with Crippen LogP contribution in [0.1, 0.15) is 25.6 Å². The highest BCUT2D eigenvalue weighted by molar-refractivity contribution is 7.13. The topological polar surface area (TPSA) is 37.4 Å². The van der Waals surface area contributed by atoms with Gasteiger partial charge in [0.1, 0.15) is 5.75 Å². The summed E-state index contributed by atoms with van der Waals surface area (Å²) in [5, 5.41) is 6.49. The molecule has 4 nitrogen and oxygen atoms in total. The Hall–Kier alpha value is -1.59. The molecule has 0 amide bonds. The first kappa shape index (κ1) is 14.8. The molecule has 2 aromatic rings. The molecule has 5 heteroatoms. The lowest BCUT2D eigenvalue weighted by Crippen LogP contribution is -2.18. The molecule has 1 unspecified atom stereocenters. The molecule has 20 heavy (non-hydrogen) atoms. The number of nitrogens with one attached hydrogen (secondary N) is 1. The van der Waals surface area contributed by atoms with E-state index in [-0.39, 0.29) is 6.04 Å². The standard InChI is InChI=1S/C15H21N3OS/c1-5-16-11(2)14-10-20-15(17-14)18(3)12-6-8-13(19-4)9-7-12/h6-11,16H,5H2,1-4H3. The van der Waals surface area contributed by atoms with Crippen molar-refractivity contribution in [3.8, 4) is 5.75 Å². The van der Waals surface area contributed by atoms with Crippen molar-refractivity contribution in [3.63, 3.8) is 0 Å².